The van der Waals surface area contributed by atoms with Crippen molar-refractivity contribution in [3.05, 3.63) is 61.2 Å². The standard InChI is InChI=1S/C14H14O/c1-3-14(4-2)15-12-8-11-13-9-6-5-7-10-13/h3-7,9-10,14H,1-2,12H2. The predicted molar refractivity (Wildman–Crippen MR) is 63.5 cm³/mol. The van der Waals surface area contributed by atoms with E-state index in [0.717, 1.165) is 5.56 Å². The number of hydrogen-bond acceptors (Lipinski definition) is 1. The lowest BCUT2D eigenvalue weighted by Crippen LogP contribution is -2.05. The molecule has 0 fully saturated rings. The van der Waals surface area contributed by atoms with E-state index in [1.54, 1.807) is 12.2 Å². The van der Waals surface area contributed by atoms with Crippen LogP contribution in [0.1, 0.15) is 5.56 Å². The second-order valence-electron chi connectivity index (χ2n) is 2.91. The van der Waals surface area contributed by atoms with Gasteiger partial charge in [-0.1, -0.05) is 42.2 Å². The first-order valence-corrected chi connectivity index (χ1v) is 4.77. The third-order valence-electron chi connectivity index (χ3n) is 1.82. The van der Waals surface area contributed by atoms with Gasteiger partial charge in [0, 0.05) is 5.56 Å². The maximum Gasteiger partial charge on any atom is 0.109 e. The van der Waals surface area contributed by atoms with Gasteiger partial charge in [-0.05, 0) is 12.1 Å². The number of hydrogen-bond donors (Lipinski definition) is 0. The third kappa shape index (κ3) is 4.30. The van der Waals surface area contributed by atoms with E-state index in [-0.39, 0.29) is 6.10 Å². The molecule has 15 heavy (non-hydrogen) atoms. The highest BCUT2D eigenvalue weighted by Crippen LogP contribution is 1.96. The van der Waals surface area contributed by atoms with Crippen molar-refractivity contribution in [3.8, 4) is 11.8 Å². The molecule has 0 atom stereocenters. The topological polar surface area (TPSA) is 9.23 Å². The number of ether oxygens (including phenoxy) is 1. The Morgan fingerprint density at radius 1 is 1.20 bits per heavy atom. The summed E-state index contributed by atoms with van der Waals surface area (Å²) in [6, 6.07) is 9.81. The lowest BCUT2D eigenvalue weighted by Gasteiger charge is -2.04. The Balaban J connectivity index is 2.41. The molecule has 1 nitrogen and oxygen atoms in total. The van der Waals surface area contributed by atoms with Crippen molar-refractivity contribution in [1.29, 1.82) is 0 Å². The van der Waals surface area contributed by atoms with E-state index in [0.29, 0.717) is 6.61 Å². The molecule has 1 heteroatoms. The zero-order chi connectivity index (χ0) is 10.9. The number of rotatable bonds is 4. The quantitative estimate of drug-likeness (QED) is 0.534. The van der Waals surface area contributed by atoms with Crippen LogP contribution in [0.15, 0.2) is 55.6 Å². The van der Waals surface area contributed by atoms with Gasteiger partial charge in [-0.3, -0.25) is 0 Å². The molecule has 0 unspecified atom stereocenters. The fourth-order valence-corrected chi connectivity index (χ4v) is 1.03. The molecule has 0 saturated heterocycles. The van der Waals surface area contributed by atoms with E-state index < -0.39 is 0 Å². The van der Waals surface area contributed by atoms with E-state index >= 15 is 0 Å². The Morgan fingerprint density at radius 2 is 1.87 bits per heavy atom. The maximum atomic E-state index is 5.35. The average molecular weight is 198 g/mol. The summed E-state index contributed by atoms with van der Waals surface area (Å²) in [6.45, 7) is 7.64. The zero-order valence-corrected chi connectivity index (χ0v) is 8.65. The molecule has 1 aromatic carbocycles. The minimum Gasteiger partial charge on any atom is -0.357 e. The summed E-state index contributed by atoms with van der Waals surface area (Å²) < 4.78 is 5.35. The SMILES string of the molecule is C=CC(C=C)OCC#Cc1ccccc1. The van der Waals surface area contributed by atoms with Crippen molar-refractivity contribution in [3.63, 3.8) is 0 Å². The average Bonchev–Trinajstić information content (AvgIpc) is 2.31. The first-order chi connectivity index (χ1) is 7.36. The summed E-state index contributed by atoms with van der Waals surface area (Å²) in [5.74, 6) is 5.94. The molecule has 0 aliphatic rings. The van der Waals surface area contributed by atoms with Crippen LogP contribution in [-0.2, 0) is 4.74 Å². The van der Waals surface area contributed by atoms with Crippen molar-refractivity contribution >= 4 is 0 Å². The smallest absolute Gasteiger partial charge is 0.109 e. The van der Waals surface area contributed by atoms with Crippen LogP contribution in [0.25, 0.3) is 0 Å². The van der Waals surface area contributed by atoms with Gasteiger partial charge in [-0.15, -0.1) is 13.2 Å². The molecule has 0 amide bonds. The third-order valence-corrected chi connectivity index (χ3v) is 1.82. The lowest BCUT2D eigenvalue weighted by atomic mass is 10.2. The van der Waals surface area contributed by atoms with Crippen LogP contribution in [0.3, 0.4) is 0 Å². The van der Waals surface area contributed by atoms with Crippen LogP contribution >= 0.6 is 0 Å². The van der Waals surface area contributed by atoms with Crippen LogP contribution in [0.2, 0.25) is 0 Å². The second-order valence-corrected chi connectivity index (χ2v) is 2.91. The van der Waals surface area contributed by atoms with Gasteiger partial charge < -0.3 is 4.74 Å². The summed E-state index contributed by atoms with van der Waals surface area (Å²) in [7, 11) is 0. The van der Waals surface area contributed by atoms with Crippen LogP contribution < -0.4 is 0 Å². The minimum atomic E-state index is -0.116. The predicted octanol–water partition coefficient (Wildman–Crippen LogP) is 2.80. The Morgan fingerprint density at radius 3 is 2.47 bits per heavy atom. The van der Waals surface area contributed by atoms with E-state index in [2.05, 4.69) is 25.0 Å². The highest BCUT2D eigenvalue weighted by atomic mass is 16.5. The van der Waals surface area contributed by atoms with Crippen molar-refractivity contribution in [2.24, 2.45) is 0 Å². The summed E-state index contributed by atoms with van der Waals surface area (Å²) >= 11 is 0. The summed E-state index contributed by atoms with van der Waals surface area (Å²) in [5.41, 5.74) is 0.995. The van der Waals surface area contributed by atoms with Gasteiger partial charge >= 0.3 is 0 Å². The van der Waals surface area contributed by atoms with Gasteiger partial charge in [0.25, 0.3) is 0 Å². The van der Waals surface area contributed by atoms with Crippen molar-refractivity contribution < 1.29 is 4.74 Å². The number of benzene rings is 1. The van der Waals surface area contributed by atoms with Crippen LogP contribution in [0.4, 0.5) is 0 Å². The molecule has 0 radical (unpaired) electrons. The van der Waals surface area contributed by atoms with Gasteiger partial charge in [0.2, 0.25) is 0 Å². The zero-order valence-electron chi connectivity index (χ0n) is 8.65. The van der Waals surface area contributed by atoms with Gasteiger partial charge in [-0.25, -0.2) is 0 Å². The van der Waals surface area contributed by atoms with Gasteiger partial charge in [-0.2, -0.15) is 0 Å². The molecule has 1 rings (SSSR count). The summed E-state index contributed by atoms with van der Waals surface area (Å²) in [5, 5.41) is 0. The van der Waals surface area contributed by atoms with E-state index in [4.69, 9.17) is 4.74 Å². The molecule has 0 spiro atoms. The highest BCUT2D eigenvalue weighted by molar-refractivity contribution is 5.33. The largest absolute Gasteiger partial charge is 0.357 e. The fourth-order valence-electron chi connectivity index (χ4n) is 1.03. The molecule has 0 aromatic heterocycles. The normalized spacial score (nSPS) is 9.13. The van der Waals surface area contributed by atoms with Crippen molar-refractivity contribution in [2.75, 3.05) is 6.61 Å². The summed E-state index contributed by atoms with van der Waals surface area (Å²) in [4.78, 5) is 0. The highest BCUT2D eigenvalue weighted by Gasteiger charge is 1.93. The Bertz CT molecular complexity index is 359. The second kappa shape index (κ2) is 6.64. The molecule has 0 heterocycles. The van der Waals surface area contributed by atoms with Crippen LogP contribution in [0, 0.1) is 11.8 Å². The van der Waals surface area contributed by atoms with Gasteiger partial charge in [0.15, 0.2) is 0 Å². The van der Waals surface area contributed by atoms with Crippen LogP contribution in [0.5, 0.6) is 0 Å². The van der Waals surface area contributed by atoms with Crippen molar-refractivity contribution in [2.45, 2.75) is 6.10 Å². The van der Waals surface area contributed by atoms with Crippen LogP contribution in [-0.4, -0.2) is 12.7 Å². The van der Waals surface area contributed by atoms with Crippen molar-refractivity contribution in [1.82, 2.24) is 0 Å². The molecule has 0 N–H and O–H groups in total. The molecule has 76 valence electrons. The molecule has 0 bridgehead atoms. The molecule has 0 aliphatic carbocycles. The lowest BCUT2D eigenvalue weighted by molar-refractivity contribution is 0.147. The van der Waals surface area contributed by atoms with Gasteiger partial charge in [0.05, 0.1) is 6.10 Å². The Hall–Kier alpha value is -1.78. The molecular formula is C14H14O. The minimum absolute atomic E-state index is 0.116. The monoisotopic (exact) mass is 198 g/mol. The van der Waals surface area contributed by atoms with E-state index in [9.17, 15) is 0 Å². The van der Waals surface area contributed by atoms with E-state index in [1.165, 1.54) is 0 Å². The molecule has 0 aliphatic heterocycles. The first kappa shape index (κ1) is 11.3. The Kier molecular flexibility index (Phi) is 5.00. The molecular weight excluding hydrogens is 184 g/mol. The van der Waals surface area contributed by atoms with E-state index in [1.807, 2.05) is 30.3 Å². The first-order valence-electron chi connectivity index (χ1n) is 4.77. The Labute approximate surface area is 91.1 Å². The molecule has 1 aromatic rings. The molecule has 0 saturated carbocycles. The maximum absolute atomic E-state index is 5.35. The van der Waals surface area contributed by atoms with Gasteiger partial charge in [0.1, 0.15) is 6.61 Å². The summed E-state index contributed by atoms with van der Waals surface area (Å²) in [6.07, 6.45) is 3.27. The fraction of sp³-hybridized carbons (Fsp3) is 0.143.